The monoisotopic (exact) mass is 810 g/mol. The first-order chi connectivity index (χ1) is 29.2. The first kappa shape index (κ1) is 42.0. The van der Waals surface area contributed by atoms with E-state index in [4.69, 9.17) is 37.9 Å². The second-order valence-corrected chi connectivity index (χ2v) is 13.1. The lowest BCUT2D eigenvalue weighted by Crippen LogP contribution is -2.48. The molecule has 6 aromatic rings. The van der Waals surface area contributed by atoms with Gasteiger partial charge < -0.3 is 37.9 Å². The largest absolute Gasteiger partial charge is 0.497 e. The highest BCUT2D eigenvalue weighted by molar-refractivity contribution is 5.98. The van der Waals surface area contributed by atoms with E-state index in [9.17, 15) is 19.2 Å². The highest BCUT2D eigenvalue weighted by Gasteiger charge is 2.46. The van der Waals surface area contributed by atoms with Crippen molar-refractivity contribution in [3.63, 3.8) is 0 Å². The molecule has 0 aromatic heterocycles. The fraction of sp³-hybridized carbons (Fsp3) is 0.167. The summed E-state index contributed by atoms with van der Waals surface area (Å²) in [5.74, 6) is -4.13. The number of hydrogen-bond acceptors (Lipinski definition) is 12. The Kier molecular flexibility index (Phi) is 14.1. The molecule has 0 amide bonds. The SMILES string of the molecule is COc1ccc(OC)c(C(=O)O[C@@H](C(=O)OC(c2ccccc2)c2ccccc2)[C@@H](OC(=O)c2cc(OC)ccc2OC)C(=O)OC(c2ccccc2)c2ccccc2)c1. The molecule has 0 unspecified atom stereocenters. The van der Waals surface area contributed by atoms with E-state index in [0.717, 1.165) is 0 Å². The Morgan fingerprint density at radius 1 is 0.367 bits per heavy atom. The maximum absolute atomic E-state index is 14.9. The Bertz CT molecular complexity index is 2120. The van der Waals surface area contributed by atoms with E-state index < -0.39 is 48.3 Å². The Morgan fingerprint density at radius 2 is 0.667 bits per heavy atom. The molecule has 6 rings (SSSR count). The van der Waals surface area contributed by atoms with E-state index in [1.54, 1.807) is 133 Å². The number of methoxy groups -OCH3 is 4. The van der Waals surface area contributed by atoms with Crippen LogP contribution in [0.1, 0.15) is 55.2 Å². The first-order valence-corrected chi connectivity index (χ1v) is 18.7. The van der Waals surface area contributed by atoms with Crippen LogP contribution in [0.25, 0.3) is 0 Å². The summed E-state index contributed by atoms with van der Waals surface area (Å²) in [5.41, 5.74) is 1.89. The topological polar surface area (TPSA) is 142 Å². The van der Waals surface area contributed by atoms with Crippen LogP contribution in [-0.2, 0) is 28.5 Å². The molecule has 2 atom stereocenters. The molecule has 0 heterocycles. The van der Waals surface area contributed by atoms with Crippen LogP contribution in [0.15, 0.2) is 158 Å². The van der Waals surface area contributed by atoms with Crippen LogP contribution in [-0.4, -0.2) is 64.5 Å². The second-order valence-electron chi connectivity index (χ2n) is 13.1. The van der Waals surface area contributed by atoms with Gasteiger partial charge in [0.25, 0.3) is 0 Å². The molecule has 0 aliphatic rings. The zero-order chi connectivity index (χ0) is 42.4. The van der Waals surface area contributed by atoms with E-state index in [1.165, 1.54) is 52.7 Å². The molecule has 0 N–H and O–H groups in total. The summed E-state index contributed by atoms with van der Waals surface area (Å²) in [6, 6.07) is 44.0. The zero-order valence-corrected chi connectivity index (χ0v) is 33.2. The molecule has 0 aliphatic carbocycles. The maximum Gasteiger partial charge on any atom is 0.353 e. The van der Waals surface area contributed by atoms with Crippen molar-refractivity contribution in [3.05, 3.63) is 191 Å². The highest BCUT2D eigenvalue weighted by atomic mass is 16.6. The van der Waals surface area contributed by atoms with Gasteiger partial charge >= 0.3 is 23.9 Å². The van der Waals surface area contributed by atoms with E-state index in [1.807, 2.05) is 0 Å². The van der Waals surface area contributed by atoms with Crippen LogP contribution in [0.2, 0.25) is 0 Å². The zero-order valence-electron chi connectivity index (χ0n) is 33.2. The summed E-state index contributed by atoms with van der Waals surface area (Å²) in [5, 5.41) is 0. The maximum atomic E-state index is 14.9. The van der Waals surface area contributed by atoms with E-state index in [2.05, 4.69) is 0 Å². The number of esters is 4. The van der Waals surface area contributed by atoms with Crippen LogP contribution >= 0.6 is 0 Å². The summed E-state index contributed by atoms with van der Waals surface area (Å²) in [4.78, 5) is 58.3. The molecule has 60 heavy (non-hydrogen) atoms. The first-order valence-electron chi connectivity index (χ1n) is 18.7. The smallest absolute Gasteiger partial charge is 0.353 e. The Morgan fingerprint density at radius 3 is 0.933 bits per heavy atom. The fourth-order valence-electron chi connectivity index (χ4n) is 6.31. The van der Waals surface area contributed by atoms with Gasteiger partial charge in [-0.05, 0) is 58.7 Å². The lowest BCUT2D eigenvalue weighted by molar-refractivity contribution is -0.178. The van der Waals surface area contributed by atoms with Gasteiger partial charge in [-0.2, -0.15) is 0 Å². The average molecular weight is 811 g/mol. The van der Waals surface area contributed by atoms with Crippen LogP contribution < -0.4 is 18.9 Å². The minimum atomic E-state index is -2.27. The van der Waals surface area contributed by atoms with Crippen molar-refractivity contribution >= 4 is 23.9 Å². The van der Waals surface area contributed by atoms with Gasteiger partial charge in [0, 0.05) is 0 Å². The molecule has 12 nitrogen and oxygen atoms in total. The average Bonchev–Trinajstić information content (AvgIpc) is 3.31. The van der Waals surface area contributed by atoms with E-state index >= 15 is 0 Å². The van der Waals surface area contributed by atoms with Crippen LogP contribution in [0.3, 0.4) is 0 Å². The van der Waals surface area contributed by atoms with Crippen molar-refractivity contribution in [3.8, 4) is 23.0 Å². The molecule has 0 saturated carbocycles. The summed E-state index contributed by atoms with van der Waals surface area (Å²) >= 11 is 0. The standard InChI is InChI=1S/C48H42O12/c1-53-35-25-27-39(55-3)37(29-35)45(49)59-43(47(51)57-41(31-17-9-5-10-18-31)32-19-11-6-12-20-32)44(60-46(50)38-30-36(54-2)26-28-40(38)56-4)48(52)58-42(33-21-13-7-14-22-33)34-23-15-8-16-24-34/h5-30,41-44H,1-4H3/t43-,44-/m1/s1. The van der Waals surface area contributed by atoms with Gasteiger partial charge in [0.1, 0.15) is 34.1 Å². The molecule has 0 saturated heterocycles. The minimum Gasteiger partial charge on any atom is -0.497 e. The Labute approximate surface area is 347 Å². The summed E-state index contributed by atoms with van der Waals surface area (Å²) in [6.07, 6.45) is -6.69. The number of ether oxygens (including phenoxy) is 8. The number of rotatable bonds is 17. The third-order valence-corrected chi connectivity index (χ3v) is 9.34. The fourth-order valence-corrected chi connectivity index (χ4v) is 6.31. The van der Waals surface area contributed by atoms with Crippen molar-refractivity contribution in [2.45, 2.75) is 24.4 Å². The third-order valence-electron chi connectivity index (χ3n) is 9.34. The van der Waals surface area contributed by atoms with E-state index in [0.29, 0.717) is 22.3 Å². The Hall–Kier alpha value is -7.60. The lowest BCUT2D eigenvalue weighted by Gasteiger charge is -2.28. The molecule has 306 valence electrons. The van der Waals surface area contributed by atoms with Gasteiger partial charge in [-0.1, -0.05) is 121 Å². The number of carbonyl (C=O) groups is 4. The summed E-state index contributed by atoms with van der Waals surface area (Å²) in [7, 11) is 5.48. The van der Waals surface area contributed by atoms with Gasteiger partial charge in [-0.3, -0.25) is 0 Å². The van der Waals surface area contributed by atoms with Crippen LogP contribution in [0.5, 0.6) is 23.0 Å². The number of benzene rings is 6. The van der Waals surface area contributed by atoms with Crippen molar-refractivity contribution in [1.82, 2.24) is 0 Å². The van der Waals surface area contributed by atoms with Gasteiger partial charge in [0.15, 0.2) is 12.2 Å². The Balaban J connectivity index is 1.50. The van der Waals surface area contributed by atoms with Crippen molar-refractivity contribution in [2.75, 3.05) is 28.4 Å². The molecule has 0 fully saturated rings. The highest BCUT2D eigenvalue weighted by Crippen LogP contribution is 2.33. The van der Waals surface area contributed by atoms with Gasteiger partial charge in [0.2, 0.25) is 12.2 Å². The van der Waals surface area contributed by atoms with Crippen LogP contribution in [0.4, 0.5) is 0 Å². The van der Waals surface area contributed by atoms with E-state index in [-0.39, 0.29) is 34.1 Å². The van der Waals surface area contributed by atoms with Gasteiger partial charge in [-0.15, -0.1) is 0 Å². The molecule has 0 aliphatic heterocycles. The normalized spacial score (nSPS) is 11.8. The molecular formula is C48H42O12. The summed E-state index contributed by atoms with van der Waals surface area (Å²) in [6.45, 7) is 0. The van der Waals surface area contributed by atoms with Crippen LogP contribution in [0, 0.1) is 0 Å². The third kappa shape index (κ3) is 10.1. The second kappa shape index (κ2) is 20.2. The van der Waals surface area contributed by atoms with Gasteiger partial charge in [0.05, 0.1) is 28.4 Å². The van der Waals surface area contributed by atoms with Crippen molar-refractivity contribution < 1.29 is 57.1 Å². The molecule has 6 aromatic carbocycles. The predicted octanol–water partition coefficient (Wildman–Crippen LogP) is 8.14. The molecule has 0 radical (unpaired) electrons. The number of hydrogen-bond donors (Lipinski definition) is 0. The predicted molar refractivity (Wildman–Crippen MR) is 219 cm³/mol. The minimum absolute atomic E-state index is 0.0600. The molecular weight excluding hydrogens is 769 g/mol. The molecule has 0 bridgehead atoms. The molecule has 0 spiro atoms. The van der Waals surface area contributed by atoms with Crippen molar-refractivity contribution in [2.24, 2.45) is 0 Å². The molecule has 12 heteroatoms. The lowest BCUT2D eigenvalue weighted by atomic mass is 10.0. The number of carbonyl (C=O) groups excluding carboxylic acids is 4. The summed E-state index contributed by atoms with van der Waals surface area (Å²) < 4.78 is 45.8. The van der Waals surface area contributed by atoms with Crippen molar-refractivity contribution in [1.29, 1.82) is 0 Å². The van der Waals surface area contributed by atoms with Gasteiger partial charge in [-0.25, -0.2) is 19.2 Å². The quantitative estimate of drug-likeness (QED) is 0.0649.